The minimum Gasteiger partial charge on any atom is -0.378 e. The molecule has 1 aliphatic heterocycles. The van der Waals surface area contributed by atoms with Crippen LogP contribution in [0.15, 0.2) is 12.1 Å². The van der Waals surface area contributed by atoms with E-state index in [2.05, 4.69) is 27.3 Å². The summed E-state index contributed by atoms with van der Waals surface area (Å²) in [6.07, 6.45) is 0.926. The monoisotopic (exact) mass is 236 g/mol. The summed E-state index contributed by atoms with van der Waals surface area (Å²) in [5.74, 6) is 0.912. The van der Waals surface area contributed by atoms with Gasteiger partial charge in [0, 0.05) is 26.2 Å². The van der Waals surface area contributed by atoms with Gasteiger partial charge in [0.25, 0.3) is 0 Å². The third-order valence-corrected chi connectivity index (χ3v) is 2.95. The second kappa shape index (κ2) is 5.93. The summed E-state index contributed by atoms with van der Waals surface area (Å²) >= 11 is 0. The summed E-state index contributed by atoms with van der Waals surface area (Å²) in [6, 6.07) is 4.43. The van der Waals surface area contributed by atoms with Crippen LogP contribution in [0.25, 0.3) is 0 Å². The molecule has 1 aromatic rings. The van der Waals surface area contributed by atoms with Crippen molar-refractivity contribution >= 4 is 5.82 Å². The Kier molecular flexibility index (Phi) is 4.28. The van der Waals surface area contributed by atoms with Gasteiger partial charge in [0.1, 0.15) is 0 Å². The number of hydrogen-bond donors (Lipinski definition) is 1. The molecule has 17 heavy (non-hydrogen) atoms. The van der Waals surface area contributed by atoms with Crippen LogP contribution in [-0.2, 0) is 11.2 Å². The van der Waals surface area contributed by atoms with E-state index < -0.39 is 0 Å². The van der Waals surface area contributed by atoms with Crippen LogP contribution >= 0.6 is 0 Å². The van der Waals surface area contributed by atoms with Crippen LogP contribution in [0.1, 0.15) is 12.6 Å². The molecule has 1 saturated heterocycles. The maximum absolute atomic E-state index is 5.43. The van der Waals surface area contributed by atoms with E-state index >= 15 is 0 Å². The molecular weight excluding hydrogens is 216 g/mol. The molecule has 1 N–H and O–H groups in total. The van der Waals surface area contributed by atoms with Crippen molar-refractivity contribution in [2.24, 2.45) is 0 Å². The zero-order valence-corrected chi connectivity index (χ0v) is 10.5. The molecule has 5 nitrogen and oxygen atoms in total. The van der Waals surface area contributed by atoms with Crippen molar-refractivity contribution in [3.63, 3.8) is 0 Å². The molecule has 0 saturated carbocycles. The second-order valence-corrected chi connectivity index (χ2v) is 4.34. The molecule has 1 atom stereocenters. The predicted molar refractivity (Wildman–Crippen MR) is 67.3 cm³/mol. The Morgan fingerprint density at radius 3 is 2.94 bits per heavy atom. The lowest BCUT2D eigenvalue weighted by Crippen LogP contribution is -2.47. The van der Waals surface area contributed by atoms with E-state index in [0.717, 1.165) is 44.2 Å². The van der Waals surface area contributed by atoms with Gasteiger partial charge in [-0.05, 0) is 18.6 Å². The molecule has 0 amide bonds. The van der Waals surface area contributed by atoms with E-state index in [0.29, 0.717) is 6.04 Å². The van der Waals surface area contributed by atoms with Crippen molar-refractivity contribution < 1.29 is 4.74 Å². The molecule has 0 radical (unpaired) electrons. The first-order chi connectivity index (χ1) is 8.29. The number of morpholine rings is 1. The van der Waals surface area contributed by atoms with E-state index in [4.69, 9.17) is 4.74 Å². The quantitative estimate of drug-likeness (QED) is 0.823. The van der Waals surface area contributed by atoms with Crippen molar-refractivity contribution in [3.8, 4) is 0 Å². The molecule has 2 heterocycles. The number of rotatable bonds is 4. The first-order valence-corrected chi connectivity index (χ1v) is 6.14. The molecule has 94 valence electrons. The van der Waals surface area contributed by atoms with E-state index in [-0.39, 0.29) is 0 Å². The highest BCUT2D eigenvalue weighted by atomic mass is 16.5. The highest BCUT2D eigenvalue weighted by Gasteiger charge is 2.15. The third kappa shape index (κ3) is 3.38. The Labute approximate surface area is 102 Å². The zero-order valence-electron chi connectivity index (χ0n) is 10.5. The molecule has 1 aliphatic rings. The van der Waals surface area contributed by atoms with Gasteiger partial charge in [0.05, 0.1) is 18.9 Å². The Balaban J connectivity index is 1.91. The maximum Gasteiger partial charge on any atom is 0.151 e. The Morgan fingerprint density at radius 1 is 1.47 bits per heavy atom. The molecule has 0 aliphatic carbocycles. The zero-order chi connectivity index (χ0) is 12.1. The number of nitrogens with zero attached hydrogens (tertiary/aromatic N) is 3. The van der Waals surface area contributed by atoms with Crippen molar-refractivity contribution in [2.45, 2.75) is 19.4 Å². The molecule has 0 bridgehead atoms. The Morgan fingerprint density at radius 2 is 2.35 bits per heavy atom. The first kappa shape index (κ1) is 12.3. The van der Waals surface area contributed by atoms with Crippen LogP contribution in [0.4, 0.5) is 5.82 Å². The molecule has 5 heteroatoms. The van der Waals surface area contributed by atoms with Crippen molar-refractivity contribution in [2.75, 3.05) is 38.3 Å². The molecular formula is C12H20N4O. The summed E-state index contributed by atoms with van der Waals surface area (Å²) in [5.41, 5.74) is 1.03. The number of ether oxygens (including phenoxy) is 1. The molecule has 0 aromatic carbocycles. The predicted octanol–water partition coefficient (Wildman–Crippen LogP) is 0.464. The van der Waals surface area contributed by atoms with Gasteiger partial charge in [-0.15, -0.1) is 5.10 Å². The van der Waals surface area contributed by atoms with Crippen LogP contribution in [0.3, 0.4) is 0 Å². The largest absolute Gasteiger partial charge is 0.378 e. The van der Waals surface area contributed by atoms with Crippen molar-refractivity contribution in [1.29, 1.82) is 0 Å². The Hall–Kier alpha value is -1.20. The van der Waals surface area contributed by atoms with Gasteiger partial charge in [-0.1, -0.05) is 6.92 Å². The van der Waals surface area contributed by atoms with Gasteiger partial charge in [-0.25, -0.2) is 0 Å². The fraction of sp³-hybridized carbons (Fsp3) is 0.667. The fourth-order valence-electron chi connectivity index (χ4n) is 1.91. The summed E-state index contributed by atoms with van der Waals surface area (Å²) in [5, 5.41) is 11.8. The van der Waals surface area contributed by atoms with Gasteiger partial charge >= 0.3 is 0 Å². The van der Waals surface area contributed by atoms with E-state index in [9.17, 15) is 0 Å². The average molecular weight is 236 g/mol. The summed E-state index contributed by atoms with van der Waals surface area (Å²) in [6.45, 7) is 5.48. The van der Waals surface area contributed by atoms with Crippen LogP contribution in [0, 0.1) is 0 Å². The second-order valence-electron chi connectivity index (χ2n) is 4.34. The van der Waals surface area contributed by atoms with Crippen molar-refractivity contribution in [1.82, 2.24) is 15.5 Å². The van der Waals surface area contributed by atoms with Crippen LogP contribution in [-0.4, -0.2) is 49.6 Å². The van der Waals surface area contributed by atoms with E-state index in [1.54, 1.807) is 0 Å². The molecule has 2 rings (SSSR count). The number of aryl methyl sites for hydroxylation is 1. The van der Waals surface area contributed by atoms with Crippen LogP contribution in [0.2, 0.25) is 0 Å². The van der Waals surface area contributed by atoms with Crippen LogP contribution < -0.4 is 10.2 Å². The lowest BCUT2D eigenvalue weighted by molar-refractivity contribution is 0.0790. The van der Waals surface area contributed by atoms with Gasteiger partial charge in [-0.2, -0.15) is 5.10 Å². The van der Waals surface area contributed by atoms with Gasteiger partial charge in [0.2, 0.25) is 0 Å². The number of hydrogen-bond acceptors (Lipinski definition) is 5. The topological polar surface area (TPSA) is 50.3 Å². The Bertz CT molecular complexity index is 335. The minimum absolute atomic E-state index is 0.376. The first-order valence-electron chi connectivity index (χ1n) is 6.14. The summed E-state index contributed by atoms with van der Waals surface area (Å²) < 4.78 is 5.43. The summed E-state index contributed by atoms with van der Waals surface area (Å²) in [4.78, 5) is 2.11. The normalized spacial score (nSPS) is 20.2. The van der Waals surface area contributed by atoms with Crippen LogP contribution in [0.5, 0.6) is 0 Å². The standard InChI is InChI=1S/C12H20N4O/c1-3-10-4-5-12(15-14-10)16(2)8-11-9-17-7-6-13-11/h4-5,11,13H,3,6-9H2,1-2H3. The van der Waals surface area contributed by atoms with Gasteiger partial charge in [0.15, 0.2) is 5.82 Å². The van der Waals surface area contributed by atoms with Gasteiger partial charge in [-0.3, -0.25) is 0 Å². The van der Waals surface area contributed by atoms with E-state index in [1.807, 2.05) is 19.2 Å². The number of likely N-dealkylation sites (N-methyl/N-ethyl adjacent to an activating group) is 1. The highest BCUT2D eigenvalue weighted by molar-refractivity contribution is 5.36. The average Bonchev–Trinajstić information content (AvgIpc) is 2.40. The van der Waals surface area contributed by atoms with Gasteiger partial charge < -0.3 is 15.0 Å². The molecule has 1 aromatic heterocycles. The summed E-state index contributed by atoms with van der Waals surface area (Å²) in [7, 11) is 2.03. The molecule has 0 spiro atoms. The molecule has 1 fully saturated rings. The van der Waals surface area contributed by atoms with Crippen molar-refractivity contribution in [3.05, 3.63) is 17.8 Å². The smallest absolute Gasteiger partial charge is 0.151 e. The highest BCUT2D eigenvalue weighted by Crippen LogP contribution is 2.09. The maximum atomic E-state index is 5.43. The van der Waals surface area contributed by atoms with E-state index in [1.165, 1.54) is 0 Å². The number of aromatic nitrogens is 2. The lowest BCUT2D eigenvalue weighted by atomic mass is 10.2. The SMILES string of the molecule is CCc1ccc(N(C)CC2COCCN2)nn1. The number of anilines is 1. The fourth-order valence-corrected chi connectivity index (χ4v) is 1.91. The lowest BCUT2D eigenvalue weighted by Gasteiger charge is -2.28. The minimum atomic E-state index is 0.376. The molecule has 1 unspecified atom stereocenters. The third-order valence-electron chi connectivity index (χ3n) is 2.95. The number of nitrogens with one attached hydrogen (secondary N) is 1.